The molecule has 0 saturated heterocycles. The first-order valence-electron chi connectivity index (χ1n) is 6.80. The zero-order valence-electron chi connectivity index (χ0n) is 12.6. The van der Waals surface area contributed by atoms with Crippen molar-refractivity contribution in [2.24, 2.45) is 5.84 Å². The third-order valence-electron chi connectivity index (χ3n) is 3.11. The molecule has 0 bridgehead atoms. The van der Waals surface area contributed by atoms with E-state index >= 15 is 0 Å². The maximum Gasteiger partial charge on any atom is 0.158 e. The van der Waals surface area contributed by atoms with Crippen molar-refractivity contribution in [1.29, 1.82) is 0 Å². The summed E-state index contributed by atoms with van der Waals surface area (Å²) in [6, 6.07) is 3.75. The Labute approximate surface area is 124 Å². The number of nitrogens with two attached hydrogens (primary N) is 1. The molecule has 2 aromatic heterocycles. The van der Waals surface area contributed by atoms with Crippen molar-refractivity contribution in [3.05, 3.63) is 35.5 Å². The van der Waals surface area contributed by atoms with Gasteiger partial charge in [0.2, 0.25) is 0 Å². The number of aromatic nitrogens is 2. The molecule has 21 heavy (non-hydrogen) atoms. The lowest BCUT2D eigenvalue weighted by molar-refractivity contribution is 0.128. The number of rotatable bonds is 7. The third-order valence-corrected chi connectivity index (χ3v) is 3.11. The molecule has 2 aromatic rings. The molecule has 0 aliphatic carbocycles. The van der Waals surface area contributed by atoms with E-state index in [0.717, 1.165) is 17.1 Å². The zero-order chi connectivity index (χ0) is 15.2. The van der Waals surface area contributed by atoms with Crippen molar-refractivity contribution in [1.82, 2.24) is 9.97 Å². The third kappa shape index (κ3) is 3.93. The fraction of sp³-hybridized carbons (Fsp3) is 0.429. The molecule has 7 heteroatoms. The molecule has 0 atom stereocenters. The number of hydrogen-bond acceptors (Lipinski definition) is 7. The van der Waals surface area contributed by atoms with Gasteiger partial charge in [0.15, 0.2) is 5.82 Å². The second-order valence-electron chi connectivity index (χ2n) is 4.67. The highest BCUT2D eigenvalue weighted by Gasteiger charge is 2.11. The molecule has 0 radical (unpaired) electrons. The second kappa shape index (κ2) is 7.05. The van der Waals surface area contributed by atoms with Gasteiger partial charge in [0.05, 0.1) is 6.26 Å². The minimum Gasteiger partial charge on any atom is -0.469 e. The van der Waals surface area contributed by atoms with Crippen molar-refractivity contribution in [2.75, 3.05) is 24.0 Å². The van der Waals surface area contributed by atoms with Crippen LogP contribution in [-0.4, -0.2) is 23.6 Å². The molecule has 2 rings (SSSR count). The molecule has 0 amide bonds. The molecule has 0 unspecified atom stereocenters. The van der Waals surface area contributed by atoms with Crippen LogP contribution < -0.4 is 16.2 Å². The Morgan fingerprint density at radius 1 is 1.43 bits per heavy atom. The Hall–Kier alpha value is -2.12. The van der Waals surface area contributed by atoms with Gasteiger partial charge in [-0.1, -0.05) is 0 Å². The van der Waals surface area contributed by atoms with Crippen LogP contribution in [0.4, 0.5) is 11.6 Å². The monoisotopic (exact) mass is 291 g/mol. The summed E-state index contributed by atoms with van der Waals surface area (Å²) in [5.41, 5.74) is 3.67. The predicted octanol–water partition coefficient (Wildman–Crippen LogP) is 1.84. The topological polar surface area (TPSA) is 89.4 Å². The van der Waals surface area contributed by atoms with Gasteiger partial charge in [-0.3, -0.25) is 0 Å². The van der Waals surface area contributed by atoms with E-state index in [-0.39, 0.29) is 0 Å². The van der Waals surface area contributed by atoms with Gasteiger partial charge >= 0.3 is 0 Å². The van der Waals surface area contributed by atoms with Gasteiger partial charge in [-0.15, -0.1) is 0 Å². The lowest BCUT2D eigenvalue weighted by Gasteiger charge is -2.19. The maximum atomic E-state index is 5.46. The summed E-state index contributed by atoms with van der Waals surface area (Å²) in [5, 5.41) is 0. The molecular formula is C14H21N5O2. The minimum absolute atomic E-state index is 0.359. The number of nitrogens with one attached hydrogen (secondary N) is 1. The van der Waals surface area contributed by atoms with Gasteiger partial charge in [-0.2, -0.15) is 0 Å². The zero-order valence-corrected chi connectivity index (χ0v) is 12.6. The van der Waals surface area contributed by atoms with Crippen LogP contribution in [-0.2, 0) is 17.9 Å². The molecule has 3 N–H and O–H groups in total. The fourth-order valence-corrected chi connectivity index (χ4v) is 1.92. The summed E-state index contributed by atoms with van der Waals surface area (Å²) in [6.07, 6.45) is 1.69. The molecule has 0 saturated carbocycles. The van der Waals surface area contributed by atoms with Gasteiger partial charge in [0.25, 0.3) is 0 Å². The highest BCUT2D eigenvalue weighted by Crippen LogP contribution is 2.19. The molecule has 0 spiro atoms. The van der Waals surface area contributed by atoms with E-state index in [2.05, 4.69) is 15.4 Å². The number of furan rings is 1. The van der Waals surface area contributed by atoms with E-state index < -0.39 is 0 Å². The molecule has 0 fully saturated rings. The largest absolute Gasteiger partial charge is 0.469 e. The molecule has 0 aliphatic heterocycles. The number of hydrogen-bond donors (Lipinski definition) is 2. The number of aryl methyl sites for hydroxylation is 1. The van der Waals surface area contributed by atoms with Crippen LogP contribution in [0, 0.1) is 6.92 Å². The normalized spacial score (nSPS) is 10.7. The van der Waals surface area contributed by atoms with Crippen molar-refractivity contribution in [2.45, 2.75) is 27.0 Å². The van der Waals surface area contributed by atoms with E-state index in [0.29, 0.717) is 31.4 Å². The Morgan fingerprint density at radius 2 is 2.24 bits per heavy atom. The van der Waals surface area contributed by atoms with Crippen LogP contribution >= 0.6 is 0 Å². The average molecular weight is 291 g/mol. The van der Waals surface area contributed by atoms with E-state index in [1.807, 2.05) is 31.9 Å². The highest BCUT2D eigenvalue weighted by molar-refractivity contribution is 5.48. The molecule has 0 aliphatic rings. The highest BCUT2D eigenvalue weighted by atomic mass is 16.5. The van der Waals surface area contributed by atoms with Crippen molar-refractivity contribution >= 4 is 11.6 Å². The smallest absolute Gasteiger partial charge is 0.158 e. The maximum absolute atomic E-state index is 5.46. The number of anilines is 2. The van der Waals surface area contributed by atoms with Crippen molar-refractivity contribution in [3.8, 4) is 0 Å². The van der Waals surface area contributed by atoms with E-state index in [9.17, 15) is 0 Å². The summed E-state index contributed by atoms with van der Waals surface area (Å²) in [6.45, 7) is 5.54. The lowest BCUT2D eigenvalue weighted by atomic mass is 10.2. The van der Waals surface area contributed by atoms with E-state index in [1.165, 1.54) is 0 Å². The van der Waals surface area contributed by atoms with Gasteiger partial charge in [-0.05, 0) is 19.9 Å². The van der Waals surface area contributed by atoms with Crippen LogP contribution in [0.15, 0.2) is 22.8 Å². The van der Waals surface area contributed by atoms with Gasteiger partial charge in [-0.25, -0.2) is 15.8 Å². The minimum atomic E-state index is 0.359. The Bertz CT molecular complexity index is 584. The summed E-state index contributed by atoms with van der Waals surface area (Å²) < 4.78 is 10.7. The first-order chi connectivity index (χ1) is 10.1. The van der Waals surface area contributed by atoms with Gasteiger partial charge < -0.3 is 19.5 Å². The number of hydrazine groups is 1. The summed E-state index contributed by atoms with van der Waals surface area (Å²) in [4.78, 5) is 10.8. The van der Waals surface area contributed by atoms with Crippen LogP contribution in [0.2, 0.25) is 0 Å². The molecular weight excluding hydrogens is 270 g/mol. The van der Waals surface area contributed by atoms with Crippen LogP contribution in [0.1, 0.15) is 24.1 Å². The predicted molar refractivity (Wildman–Crippen MR) is 80.7 cm³/mol. The molecule has 114 valence electrons. The number of nitrogen functional groups attached to an aromatic ring is 1. The molecule has 2 heterocycles. The summed E-state index contributed by atoms with van der Waals surface area (Å²) in [5.74, 6) is 8.29. The van der Waals surface area contributed by atoms with E-state index in [4.69, 9.17) is 15.0 Å². The average Bonchev–Trinajstić information content (AvgIpc) is 2.90. The molecule has 7 nitrogen and oxygen atoms in total. The number of ether oxygens (including phenoxy) is 1. The first-order valence-corrected chi connectivity index (χ1v) is 6.80. The quantitative estimate of drug-likeness (QED) is 0.594. The number of nitrogens with zero attached hydrogens (tertiary/aromatic N) is 3. The van der Waals surface area contributed by atoms with Crippen LogP contribution in [0.3, 0.4) is 0 Å². The Kier molecular flexibility index (Phi) is 5.13. The SMILES string of the molecule is CCOCc1nc(NN)cc(N(C)Cc2ccoc2C)n1. The van der Waals surface area contributed by atoms with Crippen LogP contribution in [0.5, 0.6) is 0 Å². The second-order valence-corrected chi connectivity index (χ2v) is 4.67. The Morgan fingerprint density at radius 3 is 2.86 bits per heavy atom. The van der Waals surface area contributed by atoms with Crippen molar-refractivity contribution in [3.63, 3.8) is 0 Å². The van der Waals surface area contributed by atoms with E-state index in [1.54, 1.807) is 12.3 Å². The summed E-state index contributed by atoms with van der Waals surface area (Å²) >= 11 is 0. The Balaban J connectivity index is 2.18. The fourth-order valence-electron chi connectivity index (χ4n) is 1.92. The summed E-state index contributed by atoms with van der Waals surface area (Å²) in [7, 11) is 1.96. The lowest BCUT2D eigenvalue weighted by Crippen LogP contribution is -2.20. The standard InChI is InChI=1S/C14H21N5O2/c1-4-20-9-13-16-12(18-15)7-14(17-13)19(3)8-11-5-6-21-10(11)2/h5-7H,4,8-9,15H2,1-3H3,(H,16,17,18). The molecule has 0 aromatic carbocycles. The van der Waals surface area contributed by atoms with Crippen LogP contribution in [0.25, 0.3) is 0 Å². The first kappa shape index (κ1) is 15.3. The van der Waals surface area contributed by atoms with Gasteiger partial charge in [0.1, 0.15) is 24.0 Å². The van der Waals surface area contributed by atoms with Gasteiger partial charge in [0, 0.05) is 31.8 Å². The van der Waals surface area contributed by atoms with Crippen molar-refractivity contribution < 1.29 is 9.15 Å².